The molecule has 0 spiro atoms. The van der Waals surface area contributed by atoms with Crippen LogP contribution < -0.4 is 10.6 Å². The lowest BCUT2D eigenvalue weighted by molar-refractivity contribution is -0.384. The quantitative estimate of drug-likeness (QED) is 0.228. The number of amides is 1. The van der Waals surface area contributed by atoms with E-state index in [-0.39, 0.29) is 16.3 Å². The average molecular weight is 471 g/mol. The van der Waals surface area contributed by atoms with E-state index in [1.165, 1.54) is 18.2 Å². The molecule has 162 valence electrons. The van der Waals surface area contributed by atoms with E-state index >= 15 is 0 Å². The number of carbonyl (C=O) groups is 1. The van der Waals surface area contributed by atoms with Gasteiger partial charge in [0.2, 0.25) is 5.91 Å². The lowest BCUT2D eigenvalue weighted by atomic mass is 10.2. The van der Waals surface area contributed by atoms with Gasteiger partial charge in [0, 0.05) is 15.9 Å². The Morgan fingerprint density at radius 3 is 2.20 bits per heavy atom. The van der Waals surface area contributed by atoms with Crippen LogP contribution in [0.25, 0.3) is 0 Å². The minimum atomic E-state index is -4.63. The van der Waals surface area contributed by atoms with E-state index in [0.717, 1.165) is 18.2 Å². The molecule has 30 heavy (non-hydrogen) atoms. The molecule has 1 amide bonds. The molecule has 0 saturated carbocycles. The maximum atomic E-state index is 12.6. The molecule has 2 N–H and O–H groups in total. The van der Waals surface area contributed by atoms with Crippen molar-refractivity contribution < 1.29 is 36.1 Å². The van der Waals surface area contributed by atoms with Crippen LogP contribution in [-0.4, -0.2) is 28.4 Å². The minimum Gasteiger partial charge on any atom is -0.371 e. The molecule has 14 heteroatoms. The number of para-hydroxylation sites is 1. The summed E-state index contributed by atoms with van der Waals surface area (Å²) in [6.07, 6.45) is 0. The SMILES string of the molecule is O=C(CNc1ccc(SC(F)(F)F)cc1[N+](=O)[O-])Nc1ccccc1SC(F)(F)F. The van der Waals surface area contributed by atoms with Gasteiger partial charge in [-0.3, -0.25) is 14.9 Å². The number of anilines is 2. The Labute approximate surface area is 173 Å². The highest BCUT2D eigenvalue weighted by atomic mass is 32.2. The van der Waals surface area contributed by atoms with Gasteiger partial charge in [-0.15, -0.1) is 0 Å². The molecule has 0 bridgehead atoms. The zero-order valence-corrected chi connectivity index (χ0v) is 16.1. The van der Waals surface area contributed by atoms with Gasteiger partial charge in [-0.1, -0.05) is 12.1 Å². The number of nitro groups is 1. The number of thioether (sulfide) groups is 2. The minimum absolute atomic E-state index is 0.113. The van der Waals surface area contributed by atoms with Crippen molar-refractivity contribution in [3.05, 3.63) is 52.6 Å². The van der Waals surface area contributed by atoms with Crippen LogP contribution in [0.3, 0.4) is 0 Å². The second kappa shape index (κ2) is 9.47. The van der Waals surface area contributed by atoms with Gasteiger partial charge in [0.25, 0.3) is 5.69 Å². The zero-order valence-electron chi connectivity index (χ0n) is 14.5. The summed E-state index contributed by atoms with van der Waals surface area (Å²) in [6, 6.07) is 7.86. The summed E-state index contributed by atoms with van der Waals surface area (Å²) in [7, 11) is 0. The summed E-state index contributed by atoms with van der Waals surface area (Å²) in [5.41, 5.74) is -10.2. The van der Waals surface area contributed by atoms with Gasteiger partial charge in [-0.05, 0) is 47.8 Å². The van der Waals surface area contributed by atoms with Gasteiger partial charge in [0.15, 0.2) is 0 Å². The van der Waals surface area contributed by atoms with E-state index in [4.69, 9.17) is 0 Å². The number of alkyl halides is 6. The van der Waals surface area contributed by atoms with Gasteiger partial charge in [0.05, 0.1) is 17.2 Å². The predicted molar refractivity (Wildman–Crippen MR) is 100 cm³/mol. The Morgan fingerprint density at radius 2 is 1.60 bits per heavy atom. The number of halogens is 6. The number of carbonyl (C=O) groups excluding carboxylic acids is 1. The predicted octanol–water partition coefficient (Wildman–Crippen LogP) is 5.87. The molecule has 2 rings (SSSR count). The van der Waals surface area contributed by atoms with Crippen molar-refractivity contribution in [3.63, 3.8) is 0 Å². The first-order valence-electron chi connectivity index (χ1n) is 7.77. The highest BCUT2D eigenvalue weighted by Gasteiger charge is 2.31. The first-order chi connectivity index (χ1) is 13.8. The van der Waals surface area contributed by atoms with Crippen molar-refractivity contribution in [3.8, 4) is 0 Å². The zero-order chi connectivity index (χ0) is 22.5. The molecule has 2 aromatic rings. The van der Waals surface area contributed by atoms with Crippen LogP contribution >= 0.6 is 23.5 Å². The van der Waals surface area contributed by atoms with Crippen molar-refractivity contribution in [2.75, 3.05) is 17.2 Å². The Kier molecular flexibility index (Phi) is 7.47. The Balaban J connectivity index is 2.09. The molecule has 0 fully saturated rings. The maximum Gasteiger partial charge on any atom is 0.446 e. The summed E-state index contributed by atoms with van der Waals surface area (Å²) in [5.74, 6) is -0.812. The fourth-order valence-electron chi connectivity index (χ4n) is 2.16. The van der Waals surface area contributed by atoms with Crippen LogP contribution in [0, 0.1) is 10.1 Å². The summed E-state index contributed by atoms with van der Waals surface area (Å²) in [5, 5.41) is 15.8. The van der Waals surface area contributed by atoms with E-state index in [1.807, 2.05) is 0 Å². The molecular formula is C16H11F6N3O3S2. The monoisotopic (exact) mass is 471 g/mol. The summed E-state index contributed by atoms with van der Waals surface area (Å²) >= 11 is -0.955. The molecule has 2 aromatic carbocycles. The molecule has 0 saturated heterocycles. The molecule has 6 nitrogen and oxygen atoms in total. The first kappa shape index (κ1) is 23.7. The summed E-state index contributed by atoms with van der Waals surface area (Å²) in [6.45, 7) is -0.572. The molecule has 0 radical (unpaired) electrons. The third kappa shape index (κ3) is 7.67. The van der Waals surface area contributed by atoms with E-state index in [1.54, 1.807) is 0 Å². The topological polar surface area (TPSA) is 84.3 Å². The lowest BCUT2D eigenvalue weighted by Crippen LogP contribution is -2.22. The smallest absolute Gasteiger partial charge is 0.371 e. The van der Waals surface area contributed by atoms with Gasteiger partial charge in [-0.25, -0.2) is 0 Å². The molecular weight excluding hydrogens is 460 g/mol. The number of nitrogens with one attached hydrogen (secondary N) is 2. The van der Waals surface area contributed by atoms with Crippen molar-refractivity contribution in [1.82, 2.24) is 0 Å². The normalized spacial score (nSPS) is 11.8. The van der Waals surface area contributed by atoms with Crippen molar-refractivity contribution in [1.29, 1.82) is 0 Å². The second-order valence-electron chi connectivity index (χ2n) is 5.43. The van der Waals surface area contributed by atoms with Crippen LogP contribution in [0.2, 0.25) is 0 Å². The highest BCUT2D eigenvalue weighted by Crippen LogP contribution is 2.41. The molecule has 0 aliphatic carbocycles. The van der Waals surface area contributed by atoms with Crippen molar-refractivity contribution in [2.24, 2.45) is 0 Å². The third-order valence-electron chi connectivity index (χ3n) is 3.23. The molecule has 0 aliphatic heterocycles. The fraction of sp³-hybridized carbons (Fsp3) is 0.188. The van der Waals surface area contributed by atoms with E-state index in [0.29, 0.717) is 6.07 Å². The number of hydrogen-bond donors (Lipinski definition) is 2. The fourth-order valence-corrected chi connectivity index (χ4v) is 3.36. The van der Waals surface area contributed by atoms with Crippen LogP contribution in [0.15, 0.2) is 52.3 Å². The third-order valence-corrected chi connectivity index (χ3v) is 4.75. The van der Waals surface area contributed by atoms with Gasteiger partial charge in [-0.2, -0.15) is 26.3 Å². The van der Waals surface area contributed by atoms with Crippen molar-refractivity contribution in [2.45, 2.75) is 20.8 Å². The molecule has 0 atom stereocenters. The Bertz CT molecular complexity index is 937. The van der Waals surface area contributed by atoms with Gasteiger partial charge >= 0.3 is 11.0 Å². The van der Waals surface area contributed by atoms with Crippen LogP contribution in [0.5, 0.6) is 0 Å². The molecule has 0 heterocycles. The second-order valence-corrected chi connectivity index (χ2v) is 7.67. The first-order valence-corrected chi connectivity index (χ1v) is 9.40. The number of benzene rings is 2. The van der Waals surface area contributed by atoms with Crippen LogP contribution in [0.1, 0.15) is 0 Å². The Morgan fingerprint density at radius 1 is 0.967 bits per heavy atom. The summed E-state index contributed by atoms with van der Waals surface area (Å²) in [4.78, 5) is 21.6. The molecule has 0 unspecified atom stereocenters. The standard InChI is InChI=1S/C16H11F6N3O3S2/c17-15(18,19)29-9-5-6-10(12(7-9)25(27)28)23-8-14(26)24-11-3-1-2-4-13(11)30-16(20,21)22/h1-7,23H,8H2,(H,24,26). The van der Waals surface area contributed by atoms with E-state index < -0.39 is 62.5 Å². The highest BCUT2D eigenvalue weighted by molar-refractivity contribution is 8.00. The van der Waals surface area contributed by atoms with Crippen LogP contribution in [-0.2, 0) is 4.79 Å². The number of nitrogens with zero attached hydrogens (tertiary/aromatic N) is 1. The summed E-state index contributed by atoms with van der Waals surface area (Å²) < 4.78 is 75.0. The average Bonchev–Trinajstić information content (AvgIpc) is 2.59. The van der Waals surface area contributed by atoms with Gasteiger partial charge in [0.1, 0.15) is 5.69 Å². The van der Waals surface area contributed by atoms with Crippen molar-refractivity contribution >= 4 is 46.5 Å². The molecule has 0 aromatic heterocycles. The Hall–Kier alpha value is -2.61. The largest absolute Gasteiger partial charge is 0.446 e. The number of hydrogen-bond acceptors (Lipinski definition) is 6. The number of nitro benzene ring substituents is 1. The molecule has 0 aliphatic rings. The van der Waals surface area contributed by atoms with E-state index in [9.17, 15) is 41.3 Å². The number of rotatable bonds is 7. The lowest BCUT2D eigenvalue weighted by Gasteiger charge is -2.13. The van der Waals surface area contributed by atoms with Crippen LogP contribution in [0.4, 0.5) is 43.4 Å². The maximum absolute atomic E-state index is 12.6. The van der Waals surface area contributed by atoms with Gasteiger partial charge < -0.3 is 10.6 Å². The van der Waals surface area contributed by atoms with E-state index in [2.05, 4.69) is 10.6 Å².